The molecule has 1 aromatic carbocycles. The van der Waals surface area contributed by atoms with E-state index in [0.717, 1.165) is 17.2 Å². The fourth-order valence-electron chi connectivity index (χ4n) is 2.65. The quantitative estimate of drug-likeness (QED) is 0.841. The van der Waals surface area contributed by atoms with Crippen LogP contribution in [0.4, 0.5) is 17.5 Å². The number of benzene rings is 1. The molecule has 0 amide bonds. The van der Waals surface area contributed by atoms with Gasteiger partial charge in [-0.1, -0.05) is 18.2 Å². The first-order valence-corrected chi connectivity index (χ1v) is 8.32. The number of hydrogen-bond donors (Lipinski definition) is 2. The molecule has 4 nitrogen and oxygen atoms in total. The van der Waals surface area contributed by atoms with Gasteiger partial charge in [0.25, 0.3) is 0 Å². The lowest BCUT2D eigenvalue weighted by Crippen LogP contribution is -2.27. The number of hydrogen-bond acceptors (Lipinski definition) is 4. The van der Waals surface area contributed by atoms with Crippen molar-refractivity contribution in [3.05, 3.63) is 41.1 Å². The first kappa shape index (κ1) is 15.8. The Morgan fingerprint density at radius 2 is 1.70 bits per heavy atom. The Bertz CT molecular complexity index is 692. The number of para-hydroxylation sites is 1. The van der Waals surface area contributed by atoms with E-state index in [2.05, 4.69) is 74.5 Å². The molecule has 0 spiro atoms. The van der Waals surface area contributed by atoms with Crippen molar-refractivity contribution in [2.75, 3.05) is 10.6 Å². The van der Waals surface area contributed by atoms with Crippen LogP contribution < -0.4 is 10.6 Å². The highest BCUT2D eigenvalue weighted by atomic mass is 15.2. The summed E-state index contributed by atoms with van der Waals surface area (Å²) in [5, 5.41) is 6.90. The third-order valence-electron chi connectivity index (χ3n) is 3.96. The fraction of sp³-hybridized carbons (Fsp3) is 0.474. The smallest absolute Gasteiger partial charge is 0.225 e. The van der Waals surface area contributed by atoms with Gasteiger partial charge in [0.05, 0.1) is 5.69 Å². The van der Waals surface area contributed by atoms with Gasteiger partial charge in [-0.05, 0) is 58.6 Å². The van der Waals surface area contributed by atoms with Gasteiger partial charge in [-0.25, -0.2) is 4.98 Å². The molecule has 2 aromatic rings. The molecule has 0 bridgehead atoms. The predicted molar refractivity (Wildman–Crippen MR) is 96.6 cm³/mol. The van der Waals surface area contributed by atoms with Gasteiger partial charge in [0.2, 0.25) is 5.95 Å². The lowest BCUT2D eigenvalue weighted by molar-refractivity contribution is 0.625. The van der Waals surface area contributed by atoms with Crippen LogP contribution in [0.15, 0.2) is 24.3 Å². The second-order valence-electron chi connectivity index (χ2n) is 7.54. The summed E-state index contributed by atoms with van der Waals surface area (Å²) in [5.41, 5.74) is 4.66. The standard InChI is InChI=1S/C19H26N4/c1-12-7-6-8-13(2)17(12)21-16-11-15(14-9-10-14)20-18(22-16)23-19(3,4)5/h6-8,11,14H,9-10H2,1-5H3,(H2,20,21,22,23). The Hall–Kier alpha value is -2.10. The van der Waals surface area contributed by atoms with Crippen molar-refractivity contribution >= 4 is 17.5 Å². The van der Waals surface area contributed by atoms with Gasteiger partial charge in [-0.15, -0.1) is 0 Å². The minimum atomic E-state index is -0.0575. The first-order chi connectivity index (χ1) is 10.8. The summed E-state index contributed by atoms with van der Waals surface area (Å²) in [6.45, 7) is 10.6. The number of anilines is 3. The van der Waals surface area contributed by atoms with Crippen molar-refractivity contribution in [2.45, 2.75) is 58.9 Å². The zero-order valence-electron chi connectivity index (χ0n) is 14.7. The molecule has 1 aliphatic carbocycles. The van der Waals surface area contributed by atoms with Crippen LogP contribution in [-0.4, -0.2) is 15.5 Å². The van der Waals surface area contributed by atoms with Crippen LogP contribution in [0.2, 0.25) is 0 Å². The van der Waals surface area contributed by atoms with Gasteiger partial charge in [-0.2, -0.15) is 4.98 Å². The summed E-state index contributed by atoms with van der Waals surface area (Å²) < 4.78 is 0. The van der Waals surface area contributed by atoms with Crippen molar-refractivity contribution in [3.8, 4) is 0 Å². The van der Waals surface area contributed by atoms with Gasteiger partial charge in [0.1, 0.15) is 5.82 Å². The molecule has 0 unspecified atom stereocenters. The van der Waals surface area contributed by atoms with E-state index in [9.17, 15) is 0 Å². The Kier molecular flexibility index (Phi) is 4.00. The molecule has 122 valence electrons. The lowest BCUT2D eigenvalue weighted by Gasteiger charge is -2.21. The van der Waals surface area contributed by atoms with Crippen LogP contribution in [0.3, 0.4) is 0 Å². The molecule has 4 heteroatoms. The predicted octanol–water partition coefficient (Wildman–Crippen LogP) is 4.92. The van der Waals surface area contributed by atoms with E-state index in [1.807, 2.05) is 0 Å². The molecular weight excluding hydrogens is 284 g/mol. The lowest BCUT2D eigenvalue weighted by atomic mass is 10.1. The summed E-state index contributed by atoms with van der Waals surface area (Å²) in [6, 6.07) is 8.41. The van der Waals surface area contributed by atoms with E-state index in [1.165, 1.54) is 24.0 Å². The second-order valence-corrected chi connectivity index (χ2v) is 7.54. The zero-order chi connectivity index (χ0) is 16.6. The van der Waals surface area contributed by atoms with Crippen molar-refractivity contribution in [1.29, 1.82) is 0 Å². The second kappa shape index (κ2) is 5.84. The molecule has 3 rings (SSSR count). The molecule has 23 heavy (non-hydrogen) atoms. The molecule has 0 radical (unpaired) electrons. The molecule has 1 aromatic heterocycles. The third kappa shape index (κ3) is 4.01. The maximum absolute atomic E-state index is 4.71. The van der Waals surface area contributed by atoms with Crippen LogP contribution in [0, 0.1) is 13.8 Å². The number of nitrogens with one attached hydrogen (secondary N) is 2. The van der Waals surface area contributed by atoms with Gasteiger partial charge < -0.3 is 10.6 Å². The molecule has 0 atom stereocenters. The number of rotatable bonds is 4. The summed E-state index contributed by atoms with van der Waals surface area (Å²) >= 11 is 0. The third-order valence-corrected chi connectivity index (χ3v) is 3.96. The van der Waals surface area contributed by atoms with Crippen LogP contribution in [0.5, 0.6) is 0 Å². The van der Waals surface area contributed by atoms with Crippen molar-refractivity contribution < 1.29 is 0 Å². The summed E-state index contributed by atoms with van der Waals surface area (Å²) in [7, 11) is 0. The Labute approximate surface area is 138 Å². The molecule has 1 heterocycles. The van der Waals surface area contributed by atoms with Gasteiger partial charge in [0.15, 0.2) is 0 Å². The Morgan fingerprint density at radius 1 is 1.04 bits per heavy atom. The maximum Gasteiger partial charge on any atom is 0.225 e. The number of aryl methyl sites for hydroxylation is 2. The van der Waals surface area contributed by atoms with E-state index >= 15 is 0 Å². The number of aromatic nitrogens is 2. The first-order valence-electron chi connectivity index (χ1n) is 8.32. The largest absolute Gasteiger partial charge is 0.350 e. The van der Waals surface area contributed by atoms with Crippen LogP contribution in [-0.2, 0) is 0 Å². The van der Waals surface area contributed by atoms with E-state index < -0.39 is 0 Å². The average molecular weight is 310 g/mol. The maximum atomic E-state index is 4.71. The Morgan fingerprint density at radius 3 is 2.26 bits per heavy atom. The Balaban J connectivity index is 1.94. The van der Waals surface area contributed by atoms with Gasteiger partial charge in [0, 0.05) is 23.2 Å². The fourth-order valence-corrected chi connectivity index (χ4v) is 2.65. The molecule has 2 N–H and O–H groups in total. The van der Waals surface area contributed by atoms with E-state index in [-0.39, 0.29) is 5.54 Å². The summed E-state index contributed by atoms with van der Waals surface area (Å²) in [6.07, 6.45) is 2.46. The molecule has 0 saturated heterocycles. The van der Waals surface area contributed by atoms with Gasteiger partial charge in [-0.3, -0.25) is 0 Å². The summed E-state index contributed by atoms with van der Waals surface area (Å²) in [4.78, 5) is 9.38. The highest BCUT2D eigenvalue weighted by molar-refractivity contribution is 5.65. The minimum absolute atomic E-state index is 0.0575. The minimum Gasteiger partial charge on any atom is -0.350 e. The summed E-state index contributed by atoms with van der Waals surface area (Å²) in [5.74, 6) is 2.17. The topological polar surface area (TPSA) is 49.8 Å². The monoisotopic (exact) mass is 310 g/mol. The van der Waals surface area contributed by atoms with Crippen LogP contribution in [0.25, 0.3) is 0 Å². The SMILES string of the molecule is Cc1cccc(C)c1Nc1cc(C2CC2)nc(NC(C)(C)C)n1. The van der Waals surface area contributed by atoms with E-state index in [4.69, 9.17) is 4.98 Å². The molecule has 1 saturated carbocycles. The van der Waals surface area contributed by atoms with E-state index in [0.29, 0.717) is 11.9 Å². The highest BCUT2D eigenvalue weighted by Crippen LogP contribution is 2.40. The van der Waals surface area contributed by atoms with Crippen LogP contribution >= 0.6 is 0 Å². The normalized spacial score (nSPS) is 14.7. The van der Waals surface area contributed by atoms with Crippen molar-refractivity contribution in [2.24, 2.45) is 0 Å². The average Bonchev–Trinajstić information content (AvgIpc) is 3.25. The molecule has 1 aliphatic rings. The van der Waals surface area contributed by atoms with Crippen molar-refractivity contribution in [1.82, 2.24) is 9.97 Å². The van der Waals surface area contributed by atoms with Crippen LogP contribution in [0.1, 0.15) is 56.4 Å². The van der Waals surface area contributed by atoms with Gasteiger partial charge >= 0.3 is 0 Å². The molecular formula is C19H26N4. The highest BCUT2D eigenvalue weighted by Gasteiger charge is 2.27. The molecule has 0 aliphatic heterocycles. The van der Waals surface area contributed by atoms with E-state index in [1.54, 1.807) is 0 Å². The molecule has 1 fully saturated rings. The van der Waals surface area contributed by atoms with Crippen molar-refractivity contribution in [3.63, 3.8) is 0 Å². The number of nitrogens with zero attached hydrogens (tertiary/aromatic N) is 2. The zero-order valence-corrected chi connectivity index (χ0v) is 14.7.